The maximum Gasteiger partial charge on any atom is 0.391 e. The molecule has 0 radical (unpaired) electrons. The summed E-state index contributed by atoms with van der Waals surface area (Å²) in [5, 5.41) is 3.02. The Morgan fingerprint density at radius 2 is 1.70 bits per heavy atom. The topological polar surface area (TPSA) is 55.1 Å². The van der Waals surface area contributed by atoms with E-state index < -0.39 is 12.1 Å². The van der Waals surface area contributed by atoms with Gasteiger partial charge in [0.25, 0.3) is 0 Å². The Balaban J connectivity index is 1.86. The first-order chi connectivity index (χ1) is 9.36. The van der Waals surface area contributed by atoms with Gasteiger partial charge in [0.05, 0.1) is 11.5 Å². The number of nitrogens with two attached hydrogens (primary N) is 1. The normalized spacial score (nSPS) is 30.2. The standard InChI is InChI=1S/C14H23F3N2O/c15-14(16,17)11-5-3-10(4-6-11)12(20)19-13(9-18)7-1-2-8-13/h10-11H,1-9,18H2,(H,19,20). The van der Waals surface area contributed by atoms with Crippen LogP contribution in [0.5, 0.6) is 0 Å². The lowest BCUT2D eigenvalue weighted by molar-refractivity contribution is -0.184. The van der Waals surface area contributed by atoms with Crippen LogP contribution in [0.2, 0.25) is 0 Å². The summed E-state index contributed by atoms with van der Waals surface area (Å²) in [6, 6.07) is 0. The molecule has 0 aromatic carbocycles. The first-order valence-electron chi connectivity index (χ1n) is 7.45. The van der Waals surface area contributed by atoms with Gasteiger partial charge in [-0.25, -0.2) is 0 Å². The molecule has 116 valence electrons. The van der Waals surface area contributed by atoms with Crippen molar-refractivity contribution in [3.8, 4) is 0 Å². The van der Waals surface area contributed by atoms with E-state index in [1.165, 1.54) is 0 Å². The highest BCUT2D eigenvalue weighted by Crippen LogP contribution is 2.40. The van der Waals surface area contributed by atoms with Gasteiger partial charge >= 0.3 is 6.18 Å². The first kappa shape index (κ1) is 15.6. The molecule has 0 aromatic heterocycles. The van der Waals surface area contributed by atoms with Gasteiger partial charge in [0.15, 0.2) is 0 Å². The van der Waals surface area contributed by atoms with Gasteiger partial charge in [-0.2, -0.15) is 13.2 Å². The van der Waals surface area contributed by atoms with Gasteiger partial charge in [-0.15, -0.1) is 0 Å². The van der Waals surface area contributed by atoms with Crippen molar-refractivity contribution in [2.24, 2.45) is 17.6 Å². The maximum atomic E-state index is 12.6. The smallest absolute Gasteiger partial charge is 0.349 e. The molecule has 2 rings (SSSR count). The Bertz CT molecular complexity index is 343. The number of alkyl halides is 3. The molecule has 3 nitrogen and oxygen atoms in total. The van der Waals surface area contributed by atoms with Gasteiger partial charge < -0.3 is 11.1 Å². The Morgan fingerprint density at radius 1 is 1.15 bits per heavy atom. The van der Waals surface area contributed by atoms with Crippen LogP contribution < -0.4 is 11.1 Å². The molecule has 0 heterocycles. The van der Waals surface area contributed by atoms with Crippen molar-refractivity contribution in [2.75, 3.05) is 6.54 Å². The van der Waals surface area contributed by atoms with Crippen LogP contribution in [-0.4, -0.2) is 24.2 Å². The molecular weight excluding hydrogens is 269 g/mol. The van der Waals surface area contributed by atoms with Crippen LogP contribution in [0, 0.1) is 11.8 Å². The van der Waals surface area contributed by atoms with Gasteiger partial charge in [-0.1, -0.05) is 12.8 Å². The fourth-order valence-electron chi connectivity index (χ4n) is 3.48. The number of hydrogen-bond donors (Lipinski definition) is 2. The second-order valence-corrected chi connectivity index (χ2v) is 6.27. The average molecular weight is 292 g/mol. The van der Waals surface area contributed by atoms with E-state index in [0.29, 0.717) is 19.4 Å². The van der Waals surface area contributed by atoms with Crippen LogP contribution in [0.1, 0.15) is 51.4 Å². The summed E-state index contributed by atoms with van der Waals surface area (Å²) in [6.07, 6.45) is 0.546. The highest BCUT2D eigenvalue weighted by molar-refractivity contribution is 5.79. The van der Waals surface area contributed by atoms with Gasteiger partial charge in [-0.3, -0.25) is 4.79 Å². The first-order valence-corrected chi connectivity index (χ1v) is 7.45. The zero-order valence-corrected chi connectivity index (χ0v) is 11.6. The third-order valence-corrected chi connectivity index (χ3v) is 4.90. The number of carbonyl (C=O) groups is 1. The molecule has 0 saturated heterocycles. The third-order valence-electron chi connectivity index (χ3n) is 4.90. The number of hydrogen-bond acceptors (Lipinski definition) is 2. The van der Waals surface area contributed by atoms with Gasteiger partial charge in [0.1, 0.15) is 0 Å². The molecule has 2 aliphatic rings. The van der Waals surface area contributed by atoms with E-state index >= 15 is 0 Å². The van der Waals surface area contributed by atoms with Gasteiger partial charge in [0.2, 0.25) is 5.91 Å². The lowest BCUT2D eigenvalue weighted by Crippen LogP contribution is -2.53. The van der Waals surface area contributed by atoms with E-state index in [1.807, 2.05) is 0 Å². The van der Waals surface area contributed by atoms with Crippen molar-refractivity contribution >= 4 is 5.91 Å². The summed E-state index contributed by atoms with van der Waals surface area (Å²) in [7, 11) is 0. The molecule has 0 atom stereocenters. The summed E-state index contributed by atoms with van der Waals surface area (Å²) in [5.41, 5.74) is 5.45. The predicted octanol–water partition coefficient (Wildman–Crippen LogP) is 2.74. The zero-order chi connectivity index (χ0) is 14.8. The summed E-state index contributed by atoms with van der Waals surface area (Å²) in [4.78, 5) is 12.2. The van der Waals surface area contributed by atoms with Crippen molar-refractivity contribution in [3.05, 3.63) is 0 Å². The van der Waals surface area contributed by atoms with Crippen molar-refractivity contribution in [2.45, 2.75) is 63.1 Å². The van der Waals surface area contributed by atoms with Gasteiger partial charge in [-0.05, 0) is 38.5 Å². The minimum absolute atomic E-state index is 0.0667. The Labute approximate surface area is 117 Å². The molecular formula is C14H23F3N2O. The predicted molar refractivity (Wildman–Crippen MR) is 69.9 cm³/mol. The van der Waals surface area contributed by atoms with Crippen molar-refractivity contribution in [1.82, 2.24) is 5.32 Å². The van der Waals surface area contributed by atoms with Crippen LogP contribution >= 0.6 is 0 Å². The summed E-state index contributed by atoms with van der Waals surface area (Å²) in [6.45, 7) is 0.413. The Hall–Kier alpha value is -0.780. The quantitative estimate of drug-likeness (QED) is 0.840. The fourth-order valence-corrected chi connectivity index (χ4v) is 3.48. The van der Waals surface area contributed by atoms with Crippen molar-refractivity contribution < 1.29 is 18.0 Å². The van der Waals surface area contributed by atoms with Crippen LogP contribution in [0.3, 0.4) is 0 Å². The maximum absolute atomic E-state index is 12.6. The molecule has 0 aromatic rings. The number of nitrogens with one attached hydrogen (secondary N) is 1. The average Bonchev–Trinajstić information content (AvgIpc) is 2.87. The second kappa shape index (κ2) is 5.92. The van der Waals surface area contributed by atoms with E-state index in [1.54, 1.807) is 0 Å². The number of amides is 1. The third kappa shape index (κ3) is 3.45. The largest absolute Gasteiger partial charge is 0.391 e. The Kier molecular flexibility index (Phi) is 4.62. The minimum atomic E-state index is -4.12. The number of rotatable bonds is 3. The number of halogens is 3. The minimum Gasteiger partial charge on any atom is -0.349 e. The van der Waals surface area contributed by atoms with Crippen LogP contribution in [0.4, 0.5) is 13.2 Å². The lowest BCUT2D eigenvalue weighted by atomic mass is 9.80. The molecule has 0 aliphatic heterocycles. The highest BCUT2D eigenvalue weighted by Gasteiger charge is 2.43. The van der Waals surface area contributed by atoms with Crippen LogP contribution in [-0.2, 0) is 4.79 Å². The SMILES string of the molecule is NCC1(NC(=O)C2CCC(C(F)(F)F)CC2)CCCC1. The Morgan fingerprint density at radius 3 is 2.15 bits per heavy atom. The zero-order valence-electron chi connectivity index (χ0n) is 11.6. The van der Waals surface area contributed by atoms with E-state index in [0.717, 1.165) is 25.7 Å². The monoisotopic (exact) mass is 292 g/mol. The second-order valence-electron chi connectivity index (χ2n) is 6.27. The van der Waals surface area contributed by atoms with Crippen LogP contribution in [0.25, 0.3) is 0 Å². The lowest BCUT2D eigenvalue weighted by Gasteiger charge is -2.34. The molecule has 1 amide bonds. The molecule has 0 unspecified atom stereocenters. The van der Waals surface area contributed by atoms with Crippen LogP contribution in [0.15, 0.2) is 0 Å². The van der Waals surface area contributed by atoms with Crippen molar-refractivity contribution in [3.63, 3.8) is 0 Å². The molecule has 6 heteroatoms. The van der Waals surface area contributed by atoms with E-state index in [-0.39, 0.29) is 30.2 Å². The molecule has 0 spiro atoms. The van der Waals surface area contributed by atoms with Crippen molar-refractivity contribution in [1.29, 1.82) is 0 Å². The number of carbonyl (C=O) groups excluding carboxylic acids is 1. The molecule has 2 fully saturated rings. The molecule has 0 bridgehead atoms. The molecule has 2 saturated carbocycles. The van der Waals surface area contributed by atoms with E-state index in [4.69, 9.17) is 5.73 Å². The summed E-state index contributed by atoms with van der Waals surface area (Å²) in [5.74, 6) is -1.61. The summed E-state index contributed by atoms with van der Waals surface area (Å²) >= 11 is 0. The van der Waals surface area contributed by atoms with E-state index in [2.05, 4.69) is 5.32 Å². The molecule has 3 N–H and O–H groups in total. The molecule has 20 heavy (non-hydrogen) atoms. The highest BCUT2D eigenvalue weighted by atomic mass is 19.4. The van der Waals surface area contributed by atoms with Gasteiger partial charge in [0, 0.05) is 12.5 Å². The summed E-state index contributed by atoms with van der Waals surface area (Å²) < 4.78 is 37.8. The van der Waals surface area contributed by atoms with E-state index in [9.17, 15) is 18.0 Å². The molecule has 2 aliphatic carbocycles. The fraction of sp³-hybridized carbons (Fsp3) is 0.929.